The molecule has 100 valence electrons. The van der Waals surface area contributed by atoms with Crippen LogP contribution in [0, 0.1) is 11.7 Å². The van der Waals surface area contributed by atoms with Crippen molar-refractivity contribution in [1.29, 1.82) is 0 Å². The van der Waals surface area contributed by atoms with Gasteiger partial charge in [0.1, 0.15) is 5.82 Å². The molecule has 2 aliphatic rings. The lowest BCUT2D eigenvalue weighted by Gasteiger charge is -2.37. The molecule has 20 heavy (non-hydrogen) atoms. The van der Waals surface area contributed by atoms with Crippen molar-refractivity contribution in [2.75, 3.05) is 5.32 Å². The molecule has 0 fully saturated rings. The van der Waals surface area contributed by atoms with E-state index in [0.29, 0.717) is 11.8 Å². The second-order valence-electron chi connectivity index (χ2n) is 5.62. The highest BCUT2D eigenvalue weighted by Gasteiger charge is 2.37. The first-order chi connectivity index (χ1) is 9.83. The van der Waals surface area contributed by atoms with Gasteiger partial charge in [-0.2, -0.15) is 0 Å². The topological polar surface area (TPSA) is 12.0 Å². The molecule has 0 saturated heterocycles. The molecule has 1 aliphatic carbocycles. The van der Waals surface area contributed by atoms with Crippen molar-refractivity contribution in [2.24, 2.45) is 5.92 Å². The Balaban J connectivity index is 1.80. The van der Waals surface area contributed by atoms with Crippen LogP contribution in [0.1, 0.15) is 29.5 Å². The van der Waals surface area contributed by atoms with Gasteiger partial charge in [-0.05, 0) is 41.7 Å². The number of benzene rings is 2. The van der Waals surface area contributed by atoms with Crippen LogP contribution in [0.4, 0.5) is 10.1 Å². The van der Waals surface area contributed by atoms with Gasteiger partial charge >= 0.3 is 0 Å². The zero-order valence-electron chi connectivity index (χ0n) is 11.1. The number of allylic oxidation sites excluding steroid dienone is 2. The van der Waals surface area contributed by atoms with E-state index in [4.69, 9.17) is 0 Å². The van der Waals surface area contributed by atoms with Gasteiger partial charge in [0.15, 0.2) is 0 Å². The number of hydrogen-bond acceptors (Lipinski definition) is 1. The molecule has 0 spiro atoms. The fraction of sp³-hybridized carbons (Fsp3) is 0.222. The minimum atomic E-state index is -0.161. The molecular weight excluding hydrogens is 249 g/mol. The van der Waals surface area contributed by atoms with E-state index in [2.05, 4.69) is 35.7 Å². The molecule has 3 atom stereocenters. The van der Waals surface area contributed by atoms with E-state index < -0.39 is 0 Å². The van der Waals surface area contributed by atoms with Crippen LogP contribution in [0.15, 0.2) is 60.7 Å². The molecule has 1 aliphatic heterocycles. The number of rotatable bonds is 1. The Hall–Kier alpha value is -2.09. The SMILES string of the molecule is Fc1cccc([C@@H]2Nc3ccccc3[C@@H]3C=CC[C@H]32)c1. The summed E-state index contributed by atoms with van der Waals surface area (Å²) >= 11 is 0. The van der Waals surface area contributed by atoms with Crippen molar-refractivity contribution in [1.82, 2.24) is 0 Å². The second kappa shape index (κ2) is 4.48. The third-order valence-corrected chi connectivity index (χ3v) is 4.48. The number of hydrogen-bond donors (Lipinski definition) is 1. The Bertz CT molecular complexity index is 677. The number of anilines is 1. The summed E-state index contributed by atoms with van der Waals surface area (Å²) in [5.41, 5.74) is 3.58. The predicted molar refractivity (Wildman–Crippen MR) is 79.2 cm³/mol. The molecule has 0 bridgehead atoms. The van der Waals surface area contributed by atoms with Crippen LogP contribution >= 0.6 is 0 Å². The molecule has 1 nitrogen and oxygen atoms in total. The summed E-state index contributed by atoms with van der Waals surface area (Å²) in [6, 6.07) is 15.6. The van der Waals surface area contributed by atoms with Gasteiger partial charge in [-0.1, -0.05) is 42.5 Å². The Morgan fingerprint density at radius 1 is 1.05 bits per heavy atom. The number of para-hydroxylation sites is 1. The molecule has 1 heterocycles. The van der Waals surface area contributed by atoms with Crippen LogP contribution in [0.2, 0.25) is 0 Å². The first-order valence-electron chi connectivity index (χ1n) is 7.10. The summed E-state index contributed by atoms with van der Waals surface area (Å²) in [4.78, 5) is 0. The maximum Gasteiger partial charge on any atom is 0.123 e. The van der Waals surface area contributed by atoms with E-state index in [9.17, 15) is 4.39 Å². The highest BCUT2D eigenvalue weighted by molar-refractivity contribution is 5.59. The van der Waals surface area contributed by atoms with Crippen molar-refractivity contribution in [3.05, 3.63) is 77.6 Å². The van der Waals surface area contributed by atoms with Crippen LogP contribution < -0.4 is 5.32 Å². The highest BCUT2D eigenvalue weighted by Crippen LogP contribution is 2.49. The maximum atomic E-state index is 13.5. The first-order valence-corrected chi connectivity index (χ1v) is 7.10. The van der Waals surface area contributed by atoms with Gasteiger partial charge < -0.3 is 5.32 Å². The van der Waals surface area contributed by atoms with E-state index in [1.165, 1.54) is 17.3 Å². The molecule has 2 aromatic rings. The van der Waals surface area contributed by atoms with Gasteiger partial charge in [0, 0.05) is 11.6 Å². The summed E-state index contributed by atoms with van der Waals surface area (Å²) in [5.74, 6) is 0.762. The second-order valence-corrected chi connectivity index (χ2v) is 5.62. The van der Waals surface area contributed by atoms with E-state index in [-0.39, 0.29) is 11.9 Å². The molecule has 2 aromatic carbocycles. The summed E-state index contributed by atoms with van der Waals surface area (Å²) in [6.45, 7) is 0. The number of fused-ring (bicyclic) bond motifs is 3. The van der Waals surface area contributed by atoms with Crippen LogP contribution in [0.5, 0.6) is 0 Å². The molecular formula is C18H16FN. The van der Waals surface area contributed by atoms with E-state index in [1.807, 2.05) is 12.1 Å². The third-order valence-electron chi connectivity index (χ3n) is 4.48. The zero-order valence-corrected chi connectivity index (χ0v) is 11.1. The van der Waals surface area contributed by atoms with Crippen molar-refractivity contribution in [3.8, 4) is 0 Å². The minimum absolute atomic E-state index is 0.161. The van der Waals surface area contributed by atoms with Crippen molar-refractivity contribution >= 4 is 5.69 Å². The van der Waals surface area contributed by atoms with Crippen molar-refractivity contribution in [3.63, 3.8) is 0 Å². The Labute approximate surface area is 118 Å². The van der Waals surface area contributed by atoms with E-state index in [1.54, 1.807) is 12.1 Å². The lowest BCUT2D eigenvalue weighted by Crippen LogP contribution is -2.29. The first kappa shape index (κ1) is 11.7. The summed E-state index contributed by atoms with van der Waals surface area (Å²) in [6.07, 6.45) is 5.61. The summed E-state index contributed by atoms with van der Waals surface area (Å²) in [5, 5.41) is 3.61. The van der Waals surface area contributed by atoms with E-state index in [0.717, 1.165) is 12.0 Å². The summed E-state index contributed by atoms with van der Waals surface area (Å²) in [7, 11) is 0. The molecule has 0 amide bonds. The molecule has 0 radical (unpaired) electrons. The third kappa shape index (κ3) is 1.75. The Morgan fingerprint density at radius 2 is 1.95 bits per heavy atom. The highest BCUT2D eigenvalue weighted by atomic mass is 19.1. The zero-order chi connectivity index (χ0) is 13.5. The van der Waals surface area contributed by atoms with Gasteiger partial charge in [0.05, 0.1) is 6.04 Å². The fourth-order valence-electron chi connectivity index (χ4n) is 3.57. The Kier molecular flexibility index (Phi) is 2.62. The molecule has 2 heteroatoms. The van der Waals surface area contributed by atoms with Gasteiger partial charge in [-0.3, -0.25) is 0 Å². The standard InChI is InChI=1S/C18H16FN/c19-13-6-3-5-12(11-13)18-16-9-4-8-14(16)15-7-1-2-10-17(15)20-18/h1-8,10-11,14,16,18,20H,9H2/t14-,16+,18-/m0/s1. The minimum Gasteiger partial charge on any atom is -0.378 e. The molecule has 0 aromatic heterocycles. The van der Waals surface area contributed by atoms with Crippen molar-refractivity contribution in [2.45, 2.75) is 18.4 Å². The smallest absolute Gasteiger partial charge is 0.123 e. The van der Waals surface area contributed by atoms with Crippen LogP contribution in [-0.4, -0.2) is 0 Å². The lowest BCUT2D eigenvalue weighted by atomic mass is 9.77. The van der Waals surface area contributed by atoms with Crippen LogP contribution in [-0.2, 0) is 0 Å². The molecule has 4 rings (SSSR count). The van der Waals surface area contributed by atoms with Crippen LogP contribution in [0.25, 0.3) is 0 Å². The van der Waals surface area contributed by atoms with Gasteiger partial charge in [-0.15, -0.1) is 0 Å². The van der Waals surface area contributed by atoms with Crippen molar-refractivity contribution < 1.29 is 4.39 Å². The van der Waals surface area contributed by atoms with Crippen LogP contribution in [0.3, 0.4) is 0 Å². The molecule has 0 unspecified atom stereocenters. The predicted octanol–water partition coefficient (Wildman–Crippen LogP) is 4.65. The number of halogens is 1. The summed E-state index contributed by atoms with van der Waals surface area (Å²) < 4.78 is 13.5. The largest absolute Gasteiger partial charge is 0.378 e. The average molecular weight is 265 g/mol. The quantitative estimate of drug-likeness (QED) is 0.740. The monoisotopic (exact) mass is 265 g/mol. The van der Waals surface area contributed by atoms with Gasteiger partial charge in [0.2, 0.25) is 0 Å². The normalized spacial score (nSPS) is 26.8. The van der Waals surface area contributed by atoms with E-state index >= 15 is 0 Å². The Morgan fingerprint density at radius 3 is 2.85 bits per heavy atom. The molecule has 0 saturated carbocycles. The molecule has 1 N–H and O–H groups in total. The number of nitrogens with one attached hydrogen (secondary N) is 1. The van der Waals surface area contributed by atoms with Gasteiger partial charge in [0.25, 0.3) is 0 Å². The maximum absolute atomic E-state index is 13.5. The lowest BCUT2D eigenvalue weighted by molar-refractivity contribution is 0.424. The average Bonchev–Trinajstić information content (AvgIpc) is 2.96. The van der Waals surface area contributed by atoms with Gasteiger partial charge in [-0.25, -0.2) is 4.39 Å². The fourth-order valence-corrected chi connectivity index (χ4v) is 3.57.